The number of amides is 1. The van der Waals surface area contributed by atoms with E-state index >= 15 is 0 Å². The maximum absolute atomic E-state index is 12.8. The van der Waals surface area contributed by atoms with E-state index in [1.54, 1.807) is 0 Å². The van der Waals surface area contributed by atoms with Gasteiger partial charge in [0, 0.05) is 51.4 Å². The molecule has 2 aliphatic heterocycles. The first-order chi connectivity index (χ1) is 14.1. The molecular formula is C20H28ClF3N4O2. The molecule has 30 heavy (non-hydrogen) atoms. The summed E-state index contributed by atoms with van der Waals surface area (Å²) in [6, 6.07) is 0.899. The molecule has 0 aliphatic carbocycles. The van der Waals surface area contributed by atoms with Gasteiger partial charge in [-0.25, -0.2) is 4.98 Å². The summed E-state index contributed by atoms with van der Waals surface area (Å²) in [5.74, 6) is 0.242. The Morgan fingerprint density at radius 2 is 1.90 bits per heavy atom. The molecule has 0 saturated carbocycles. The normalized spacial score (nSPS) is 24.1. The number of hydrogen-bond acceptors (Lipinski definition) is 5. The van der Waals surface area contributed by atoms with Crippen LogP contribution in [0.5, 0.6) is 0 Å². The third-order valence-electron chi connectivity index (χ3n) is 5.54. The first-order valence-electron chi connectivity index (χ1n) is 10.3. The number of carbonyl (C=O) groups excluding carboxylic acids is 1. The molecule has 168 valence electrons. The molecule has 1 N–H and O–H groups in total. The predicted molar refractivity (Wildman–Crippen MR) is 109 cm³/mol. The number of morpholine rings is 1. The summed E-state index contributed by atoms with van der Waals surface area (Å²) in [5, 5.41) is 2.99. The molecule has 2 unspecified atom stereocenters. The van der Waals surface area contributed by atoms with Crippen LogP contribution >= 0.6 is 11.6 Å². The second-order valence-corrected chi connectivity index (χ2v) is 8.50. The Morgan fingerprint density at radius 1 is 1.27 bits per heavy atom. The molecule has 10 heteroatoms. The maximum atomic E-state index is 12.8. The Balaban J connectivity index is 1.44. The minimum absolute atomic E-state index is 0.0236. The predicted octanol–water partition coefficient (Wildman–Crippen LogP) is 3.20. The third-order valence-corrected chi connectivity index (χ3v) is 5.82. The topological polar surface area (TPSA) is 57.7 Å². The lowest BCUT2D eigenvalue weighted by atomic mass is 9.96. The Hall–Kier alpha value is -1.58. The summed E-state index contributed by atoms with van der Waals surface area (Å²) in [4.78, 5) is 20.5. The number of piperidine rings is 1. The molecule has 1 amide bonds. The van der Waals surface area contributed by atoms with Gasteiger partial charge >= 0.3 is 6.18 Å². The van der Waals surface area contributed by atoms with Crippen molar-refractivity contribution in [3.05, 3.63) is 22.8 Å². The monoisotopic (exact) mass is 448 g/mol. The van der Waals surface area contributed by atoms with Crippen LogP contribution in [0.15, 0.2) is 12.3 Å². The standard InChI is InChI=1S/C20H28ClF3N4O2/c1-13-11-27(12-14(2)30-13)8-5-25-19(29)15-3-6-28(7-4-15)18-17(21)9-16(10-26-18)20(22,23)24/h9-10,13-15H,3-8,11-12H2,1-2H3,(H,25,29). The van der Waals surface area contributed by atoms with Gasteiger partial charge in [-0.2, -0.15) is 13.2 Å². The van der Waals surface area contributed by atoms with Crippen LogP contribution in [0.25, 0.3) is 0 Å². The molecule has 0 spiro atoms. The fraction of sp³-hybridized carbons (Fsp3) is 0.700. The minimum atomic E-state index is -4.47. The zero-order chi connectivity index (χ0) is 21.9. The minimum Gasteiger partial charge on any atom is -0.373 e. The van der Waals surface area contributed by atoms with E-state index in [1.165, 1.54) is 0 Å². The number of anilines is 1. The molecule has 0 radical (unpaired) electrons. The van der Waals surface area contributed by atoms with Gasteiger partial charge in [0.25, 0.3) is 0 Å². The summed E-state index contributed by atoms with van der Waals surface area (Å²) in [7, 11) is 0. The summed E-state index contributed by atoms with van der Waals surface area (Å²) >= 11 is 6.03. The van der Waals surface area contributed by atoms with Gasteiger partial charge in [-0.15, -0.1) is 0 Å². The van der Waals surface area contributed by atoms with Gasteiger partial charge in [-0.05, 0) is 32.8 Å². The molecule has 0 bridgehead atoms. The number of nitrogens with one attached hydrogen (secondary N) is 1. The smallest absolute Gasteiger partial charge is 0.373 e. The molecule has 0 aromatic carbocycles. The van der Waals surface area contributed by atoms with Crippen molar-refractivity contribution in [3.63, 3.8) is 0 Å². The van der Waals surface area contributed by atoms with Crippen LogP contribution in [0.1, 0.15) is 32.3 Å². The number of ether oxygens (including phenoxy) is 1. The van der Waals surface area contributed by atoms with E-state index in [9.17, 15) is 18.0 Å². The van der Waals surface area contributed by atoms with Crippen molar-refractivity contribution in [1.82, 2.24) is 15.2 Å². The Morgan fingerprint density at radius 3 is 2.47 bits per heavy atom. The van der Waals surface area contributed by atoms with Crippen LogP contribution in [0.2, 0.25) is 5.02 Å². The van der Waals surface area contributed by atoms with Crippen LogP contribution < -0.4 is 10.2 Å². The van der Waals surface area contributed by atoms with Gasteiger partial charge in [-0.1, -0.05) is 11.6 Å². The van der Waals surface area contributed by atoms with Crippen molar-refractivity contribution >= 4 is 23.3 Å². The summed E-state index contributed by atoms with van der Waals surface area (Å²) in [6.45, 7) is 8.24. The largest absolute Gasteiger partial charge is 0.417 e. The Labute approximate surface area is 179 Å². The second kappa shape index (κ2) is 9.70. The number of hydrogen-bond donors (Lipinski definition) is 1. The zero-order valence-electron chi connectivity index (χ0n) is 17.2. The van der Waals surface area contributed by atoms with E-state index in [2.05, 4.69) is 15.2 Å². The Bertz CT molecular complexity index is 731. The number of nitrogens with zero attached hydrogens (tertiary/aromatic N) is 3. The van der Waals surface area contributed by atoms with Crippen LogP contribution in [0.4, 0.5) is 19.0 Å². The molecule has 1 aromatic rings. The molecule has 3 rings (SSSR count). The van der Waals surface area contributed by atoms with Gasteiger partial charge in [0.15, 0.2) is 0 Å². The van der Waals surface area contributed by atoms with Crippen molar-refractivity contribution in [3.8, 4) is 0 Å². The molecule has 1 aromatic heterocycles. The van der Waals surface area contributed by atoms with Crippen molar-refractivity contribution in [2.75, 3.05) is 44.2 Å². The van der Waals surface area contributed by atoms with Crippen molar-refractivity contribution < 1.29 is 22.7 Å². The van der Waals surface area contributed by atoms with E-state index in [4.69, 9.17) is 16.3 Å². The zero-order valence-corrected chi connectivity index (χ0v) is 18.0. The Kier molecular flexibility index (Phi) is 7.47. The number of pyridine rings is 1. The molecule has 2 atom stereocenters. The van der Waals surface area contributed by atoms with E-state index in [0.717, 1.165) is 31.9 Å². The third kappa shape index (κ3) is 5.98. The van der Waals surface area contributed by atoms with Crippen molar-refractivity contribution in [2.24, 2.45) is 5.92 Å². The SMILES string of the molecule is CC1CN(CCNC(=O)C2CCN(c3ncc(C(F)(F)F)cc3Cl)CC2)CC(C)O1. The van der Waals surface area contributed by atoms with Crippen LogP contribution in [-0.4, -0.2) is 67.3 Å². The number of halogens is 4. The number of carbonyl (C=O) groups is 1. The number of alkyl halides is 3. The molecule has 6 nitrogen and oxygen atoms in total. The number of aromatic nitrogens is 1. The highest BCUT2D eigenvalue weighted by Crippen LogP contribution is 2.34. The highest BCUT2D eigenvalue weighted by atomic mass is 35.5. The lowest BCUT2D eigenvalue weighted by molar-refractivity contribution is -0.137. The molecule has 2 saturated heterocycles. The molecular weight excluding hydrogens is 421 g/mol. The maximum Gasteiger partial charge on any atom is 0.417 e. The molecule has 2 aliphatic rings. The number of rotatable bonds is 5. The van der Waals surface area contributed by atoms with Crippen LogP contribution in [0.3, 0.4) is 0 Å². The van der Waals surface area contributed by atoms with E-state index in [1.807, 2.05) is 18.7 Å². The van der Waals surface area contributed by atoms with E-state index in [0.29, 0.717) is 38.3 Å². The lowest BCUT2D eigenvalue weighted by Crippen LogP contribution is -2.48. The van der Waals surface area contributed by atoms with Crippen molar-refractivity contribution in [2.45, 2.75) is 45.1 Å². The summed E-state index contributed by atoms with van der Waals surface area (Å²) < 4.78 is 44.0. The van der Waals surface area contributed by atoms with Gasteiger partial charge < -0.3 is 15.0 Å². The average molecular weight is 449 g/mol. The van der Waals surface area contributed by atoms with Gasteiger partial charge in [0.05, 0.1) is 22.8 Å². The van der Waals surface area contributed by atoms with Gasteiger partial charge in [0.1, 0.15) is 5.82 Å². The highest BCUT2D eigenvalue weighted by molar-refractivity contribution is 6.33. The van der Waals surface area contributed by atoms with Crippen LogP contribution in [-0.2, 0) is 15.7 Å². The first kappa shape index (κ1) is 23.1. The van der Waals surface area contributed by atoms with E-state index < -0.39 is 11.7 Å². The fourth-order valence-electron chi connectivity index (χ4n) is 4.12. The van der Waals surface area contributed by atoms with Crippen molar-refractivity contribution in [1.29, 1.82) is 0 Å². The van der Waals surface area contributed by atoms with Gasteiger partial charge in [0.2, 0.25) is 5.91 Å². The lowest BCUT2D eigenvalue weighted by Gasteiger charge is -2.35. The first-order valence-corrected chi connectivity index (χ1v) is 10.6. The summed E-state index contributed by atoms with van der Waals surface area (Å²) in [5.41, 5.74) is -0.866. The molecule has 2 fully saturated rings. The second-order valence-electron chi connectivity index (χ2n) is 8.10. The quantitative estimate of drug-likeness (QED) is 0.749. The van der Waals surface area contributed by atoms with E-state index in [-0.39, 0.29) is 29.1 Å². The fourth-order valence-corrected chi connectivity index (χ4v) is 4.41. The highest BCUT2D eigenvalue weighted by Gasteiger charge is 2.33. The van der Waals surface area contributed by atoms with Gasteiger partial charge in [-0.3, -0.25) is 9.69 Å². The van der Waals surface area contributed by atoms with Crippen LogP contribution in [0, 0.1) is 5.92 Å². The summed E-state index contributed by atoms with van der Waals surface area (Å²) in [6.07, 6.45) is -2.07. The molecule has 3 heterocycles. The average Bonchev–Trinajstić information content (AvgIpc) is 2.66.